The molecule has 0 aliphatic rings. The molecule has 130 valence electrons. The van der Waals surface area contributed by atoms with Crippen molar-refractivity contribution in [3.8, 4) is 0 Å². The van der Waals surface area contributed by atoms with Gasteiger partial charge in [0.05, 0.1) is 12.2 Å². The van der Waals surface area contributed by atoms with E-state index in [0.29, 0.717) is 23.1 Å². The van der Waals surface area contributed by atoms with E-state index in [9.17, 15) is 4.79 Å². The number of hydrogen-bond acceptors (Lipinski definition) is 6. The van der Waals surface area contributed by atoms with E-state index in [2.05, 4.69) is 20.2 Å². The minimum Gasteiger partial charge on any atom is -0.462 e. The molecule has 0 atom stereocenters. The Hall–Kier alpha value is -2.93. The van der Waals surface area contributed by atoms with Crippen molar-refractivity contribution in [3.05, 3.63) is 59.7 Å². The first-order chi connectivity index (χ1) is 12.7. The van der Waals surface area contributed by atoms with Gasteiger partial charge in [0.2, 0.25) is 5.16 Å². The SMILES string of the molecule is CCOC(=O)c1ccc(CSc2nnc3c(n2)[nH]c2ccccc23)cc1. The molecule has 6 nitrogen and oxygen atoms in total. The first-order valence-electron chi connectivity index (χ1n) is 8.24. The monoisotopic (exact) mass is 364 g/mol. The molecule has 0 spiro atoms. The quantitative estimate of drug-likeness (QED) is 0.426. The molecule has 0 saturated carbocycles. The molecule has 4 aromatic rings. The summed E-state index contributed by atoms with van der Waals surface area (Å²) in [5.41, 5.74) is 4.15. The van der Waals surface area contributed by atoms with Crippen LogP contribution in [-0.2, 0) is 10.5 Å². The molecule has 0 aliphatic heterocycles. The Morgan fingerprint density at radius 3 is 2.73 bits per heavy atom. The zero-order valence-corrected chi connectivity index (χ0v) is 14.9. The van der Waals surface area contributed by atoms with Crippen molar-refractivity contribution < 1.29 is 9.53 Å². The van der Waals surface area contributed by atoms with Gasteiger partial charge in [-0.3, -0.25) is 0 Å². The number of hydrogen-bond donors (Lipinski definition) is 1. The minimum atomic E-state index is -0.302. The second-order valence-corrected chi connectivity index (χ2v) is 6.61. The number of thioether (sulfide) groups is 1. The first kappa shape index (κ1) is 16.5. The maximum atomic E-state index is 11.7. The fourth-order valence-electron chi connectivity index (χ4n) is 2.67. The van der Waals surface area contributed by atoms with E-state index in [1.807, 2.05) is 36.4 Å². The molecule has 0 amide bonds. The highest BCUT2D eigenvalue weighted by atomic mass is 32.2. The van der Waals surface area contributed by atoms with Gasteiger partial charge in [0.15, 0.2) is 5.65 Å². The molecule has 2 aromatic carbocycles. The molecule has 1 N–H and O–H groups in total. The van der Waals surface area contributed by atoms with Crippen molar-refractivity contribution in [1.29, 1.82) is 0 Å². The van der Waals surface area contributed by atoms with Crippen molar-refractivity contribution in [1.82, 2.24) is 20.2 Å². The summed E-state index contributed by atoms with van der Waals surface area (Å²) in [5, 5.41) is 10.2. The van der Waals surface area contributed by atoms with E-state index in [1.165, 1.54) is 11.8 Å². The Bertz CT molecular complexity index is 1080. The molecule has 0 unspecified atom stereocenters. The summed E-state index contributed by atoms with van der Waals surface area (Å²) in [6, 6.07) is 15.3. The Morgan fingerprint density at radius 2 is 1.92 bits per heavy atom. The average molecular weight is 364 g/mol. The van der Waals surface area contributed by atoms with Gasteiger partial charge in [-0.05, 0) is 30.7 Å². The van der Waals surface area contributed by atoms with Gasteiger partial charge in [0.25, 0.3) is 0 Å². The average Bonchev–Trinajstić information content (AvgIpc) is 3.04. The molecule has 0 saturated heterocycles. The van der Waals surface area contributed by atoms with Crippen LogP contribution in [-0.4, -0.2) is 32.7 Å². The van der Waals surface area contributed by atoms with Crippen molar-refractivity contribution in [3.63, 3.8) is 0 Å². The lowest BCUT2D eigenvalue weighted by atomic mass is 10.1. The van der Waals surface area contributed by atoms with Crippen LogP contribution in [0.1, 0.15) is 22.8 Å². The fraction of sp³-hybridized carbons (Fsp3) is 0.158. The highest BCUT2D eigenvalue weighted by molar-refractivity contribution is 7.98. The number of nitrogens with one attached hydrogen (secondary N) is 1. The van der Waals surface area contributed by atoms with Gasteiger partial charge in [-0.15, -0.1) is 10.2 Å². The smallest absolute Gasteiger partial charge is 0.338 e. The molecule has 2 heterocycles. The lowest BCUT2D eigenvalue weighted by molar-refractivity contribution is 0.0526. The number of H-pyrrole nitrogens is 1. The molecular weight excluding hydrogens is 348 g/mol. The van der Waals surface area contributed by atoms with Crippen LogP contribution in [0.15, 0.2) is 53.7 Å². The van der Waals surface area contributed by atoms with E-state index >= 15 is 0 Å². The number of ether oxygens (including phenoxy) is 1. The van der Waals surface area contributed by atoms with Crippen LogP contribution in [0.3, 0.4) is 0 Å². The van der Waals surface area contributed by atoms with Crippen LogP contribution in [0.25, 0.3) is 22.1 Å². The topological polar surface area (TPSA) is 80.8 Å². The fourth-order valence-corrected chi connectivity index (χ4v) is 3.41. The predicted octanol–water partition coefficient (Wildman–Crippen LogP) is 3.98. The molecule has 0 radical (unpaired) electrons. The summed E-state index contributed by atoms with van der Waals surface area (Å²) >= 11 is 1.50. The lowest BCUT2D eigenvalue weighted by Gasteiger charge is -2.03. The number of benzene rings is 2. The molecule has 7 heteroatoms. The van der Waals surface area contributed by atoms with Gasteiger partial charge in [0, 0.05) is 16.7 Å². The van der Waals surface area contributed by atoms with Crippen molar-refractivity contribution >= 4 is 39.8 Å². The van der Waals surface area contributed by atoms with Crippen LogP contribution in [0.4, 0.5) is 0 Å². The number of carbonyl (C=O) groups is 1. The zero-order chi connectivity index (χ0) is 17.9. The Balaban J connectivity index is 1.49. The molecule has 0 bridgehead atoms. The highest BCUT2D eigenvalue weighted by Crippen LogP contribution is 2.24. The summed E-state index contributed by atoms with van der Waals surface area (Å²) in [4.78, 5) is 19.5. The third-order valence-electron chi connectivity index (χ3n) is 3.94. The van der Waals surface area contributed by atoms with Crippen LogP contribution in [0, 0.1) is 0 Å². The van der Waals surface area contributed by atoms with Gasteiger partial charge in [0.1, 0.15) is 5.52 Å². The molecule has 4 rings (SSSR count). The van der Waals surface area contributed by atoms with Gasteiger partial charge in [-0.2, -0.15) is 0 Å². The van der Waals surface area contributed by atoms with E-state index in [4.69, 9.17) is 4.74 Å². The van der Waals surface area contributed by atoms with Crippen molar-refractivity contribution in [2.45, 2.75) is 17.8 Å². The van der Waals surface area contributed by atoms with E-state index in [0.717, 1.165) is 27.6 Å². The van der Waals surface area contributed by atoms with Crippen molar-refractivity contribution in [2.24, 2.45) is 0 Å². The normalized spacial score (nSPS) is 11.1. The first-order valence-corrected chi connectivity index (χ1v) is 9.23. The third kappa shape index (κ3) is 3.25. The Morgan fingerprint density at radius 1 is 1.12 bits per heavy atom. The summed E-state index contributed by atoms with van der Waals surface area (Å²) in [5.74, 6) is 0.389. The summed E-state index contributed by atoms with van der Waals surface area (Å²) in [6.07, 6.45) is 0. The second-order valence-electron chi connectivity index (χ2n) is 5.67. The number of fused-ring (bicyclic) bond motifs is 3. The van der Waals surface area contributed by atoms with Gasteiger partial charge in [-0.1, -0.05) is 42.1 Å². The largest absolute Gasteiger partial charge is 0.462 e. The third-order valence-corrected chi connectivity index (χ3v) is 4.84. The summed E-state index contributed by atoms with van der Waals surface area (Å²) < 4.78 is 4.99. The minimum absolute atomic E-state index is 0.302. The maximum absolute atomic E-state index is 11.7. The number of rotatable bonds is 5. The summed E-state index contributed by atoms with van der Waals surface area (Å²) in [7, 11) is 0. The number of para-hydroxylation sites is 1. The molecule has 0 aliphatic carbocycles. The number of nitrogens with zero attached hydrogens (tertiary/aromatic N) is 3. The maximum Gasteiger partial charge on any atom is 0.338 e. The molecule has 2 aromatic heterocycles. The number of esters is 1. The second kappa shape index (κ2) is 7.13. The van der Waals surface area contributed by atoms with Gasteiger partial charge in [-0.25, -0.2) is 9.78 Å². The number of aromatic nitrogens is 4. The van der Waals surface area contributed by atoms with Crippen LogP contribution in [0.5, 0.6) is 0 Å². The number of carbonyl (C=O) groups excluding carboxylic acids is 1. The van der Waals surface area contributed by atoms with E-state index in [-0.39, 0.29) is 5.97 Å². The van der Waals surface area contributed by atoms with E-state index < -0.39 is 0 Å². The Labute approximate surface area is 154 Å². The van der Waals surface area contributed by atoms with Gasteiger partial charge >= 0.3 is 5.97 Å². The lowest BCUT2D eigenvalue weighted by Crippen LogP contribution is -2.04. The molecular formula is C19H16N4O2S. The zero-order valence-electron chi connectivity index (χ0n) is 14.1. The van der Waals surface area contributed by atoms with Crippen molar-refractivity contribution in [2.75, 3.05) is 6.61 Å². The molecule has 0 fully saturated rings. The molecule has 26 heavy (non-hydrogen) atoms. The predicted molar refractivity (Wildman–Crippen MR) is 101 cm³/mol. The van der Waals surface area contributed by atoms with Crippen LogP contribution >= 0.6 is 11.8 Å². The van der Waals surface area contributed by atoms with Crippen LogP contribution < -0.4 is 0 Å². The Kier molecular flexibility index (Phi) is 4.53. The van der Waals surface area contributed by atoms with E-state index in [1.54, 1.807) is 19.1 Å². The summed E-state index contributed by atoms with van der Waals surface area (Å²) in [6.45, 7) is 2.16. The standard InChI is InChI=1S/C19H16N4O2S/c1-2-25-18(24)13-9-7-12(8-10-13)11-26-19-21-17-16(22-23-19)14-5-3-4-6-15(14)20-17/h3-10H,2,11H2,1H3,(H,20,21,23). The van der Waals surface area contributed by atoms with Crippen LogP contribution in [0.2, 0.25) is 0 Å². The number of aromatic amines is 1. The highest BCUT2D eigenvalue weighted by Gasteiger charge is 2.10. The van der Waals surface area contributed by atoms with Gasteiger partial charge < -0.3 is 9.72 Å².